The quantitative estimate of drug-likeness (QED) is 0.585. The topological polar surface area (TPSA) is 73.8 Å². The molecule has 0 aromatic heterocycles. The molecular weight excluding hydrogens is 343 g/mol. The first kappa shape index (κ1) is 19.7. The smallest absolute Gasteiger partial charge is 0.214 e. The highest BCUT2D eigenvalue weighted by Crippen LogP contribution is 2.22. The molecule has 0 radical (unpaired) electrons. The van der Waals surface area contributed by atoms with Crippen LogP contribution in [0.1, 0.15) is 25.8 Å². The third-order valence-electron chi connectivity index (χ3n) is 4.38. The van der Waals surface area contributed by atoms with Gasteiger partial charge >= 0.3 is 0 Å². The number of guanidine groups is 1. The third-order valence-corrected chi connectivity index (χ3v) is 6.34. The zero-order valence-electron chi connectivity index (χ0n) is 15.0. The van der Waals surface area contributed by atoms with E-state index < -0.39 is 10.0 Å². The van der Waals surface area contributed by atoms with E-state index in [0.717, 1.165) is 5.56 Å². The molecule has 25 heavy (non-hydrogen) atoms. The summed E-state index contributed by atoms with van der Waals surface area (Å²) in [6.07, 6.45) is 0.692. The Labute approximate surface area is 149 Å². The molecule has 0 atom stereocenters. The van der Waals surface area contributed by atoms with Gasteiger partial charge in [-0.25, -0.2) is 17.1 Å². The molecule has 6 nitrogen and oxygen atoms in total. The Morgan fingerprint density at radius 1 is 1.36 bits per heavy atom. The van der Waals surface area contributed by atoms with Gasteiger partial charge in [0.25, 0.3) is 0 Å². The first-order chi connectivity index (χ1) is 11.7. The van der Waals surface area contributed by atoms with Crippen LogP contribution in [0, 0.1) is 5.82 Å². The summed E-state index contributed by atoms with van der Waals surface area (Å²) in [7, 11) is -1.41. The Bertz CT molecular complexity index is 719. The van der Waals surface area contributed by atoms with Gasteiger partial charge in [-0.05, 0) is 24.1 Å². The molecule has 1 aliphatic rings. The highest BCUT2D eigenvalue weighted by molar-refractivity contribution is 7.89. The van der Waals surface area contributed by atoms with Gasteiger partial charge in [0.05, 0.1) is 5.75 Å². The molecule has 0 spiro atoms. The van der Waals surface area contributed by atoms with Crippen LogP contribution < -0.4 is 10.6 Å². The molecule has 0 amide bonds. The predicted molar refractivity (Wildman–Crippen MR) is 98.8 cm³/mol. The molecular formula is C17H27FN4O2S. The number of benzene rings is 1. The SMILES string of the molecule is CN=C(NCCN1CCCS1(=O)=O)NCC(C)(C)c1cccc(F)c1. The zero-order valence-corrected chi connectivity index (χ0v) is 15.9. The van der Waals surface area contributed by atoms with E-state index in [-0.39, 0.29) is 17.0 Å². The van der Waals surface area contributed by atoms with E-state index >= 15 is 0 Å². The van der Waals surface area contributed by atoms with Crippen LogP contribution in [0.5, 0.6) is 0 Å². The molecule has 1 heterocycles. The molecule has 0 unspecified atom stereocenters. The number of sulfonamides is 1. The molecule has 1 aromatic rings. The van der Waals surface area contributed by atoms with Gasteiger partial charge in [0, 0.05) is 38.6 Å². The summed E-state index contributed by atoms with van der Waals surface area (Å²) in [6.45, 7) is 6.12. The van der Waals surface area contributed by atoms with E-state index in [1.165, 1.54) is 16.4 Å². The van der Waals surface area contributed by atoms with Crippen molar-refractivity contribution >= 4 is 16.0 Å². The maximum atomic E-state index is 13.4. The lowest BCUT2D eigenvalue weighted by molar-refractivity contribution is 0.443. The van der Waals surface area contributed by atoms with E-state index in [2.05, 4.69) is 15.6 Å². The monoisotopic (exact) mass is 370 g/mol. The number of hydrogen-bond donors (Lipinski definition) is 2. The molecule has 2 rings (SSSR count). The predicted octanol–water partition coefficient (Wildman–Crippen LogP) is 1.30. The van der Waals surface area contributed by atoms with Crippen LogP contribution in [0.3, 0.4) is 0 Å². The highest BCUT2D eigenvalue weighted by atomic mass is 32.2. The minimum atomic E-state index is -3.07. The standard InChI is InChI=1S/C17H27FN4O2S/c1-17(2,14-6-4-7-15(18)12-14)13-21-16(19-3)20-8-10-22-9-5-11-25(22,23)24/h4,6-7,12H,5,8-11,13H2,1-3H3,(H2,19,20,21). The molecule has 8 heteroatoms. The Morgan fingerprint density at radius 2 is 2.12 bits per heavy atom. The summed E-state index contributed by atoms with van der Waals surface area (Å²) in [5.41, 5.74) is 0.622. The fourth-order valence-electron chi connectivity index (χ4n) is 2.78. The largest absolute Gasteiger partial charge is 0.356 e. The highest BCUT2D eigenvalue weighted by Gasteiger charge is 2.27. The number of hydrogen-bond acceptors (Lipinski definition) is 3. The Hall–Kier alpha value is -1.67. The molecule has 2 N–H and O–H groups in total. The van der Waals surface area contributed by atoms with Crippen molar-refractivity contribution in [3.8, 4) is 0 Å². The third kappa shape index (κ3) is 5.40. The summed E-state index contributed by atoms with van der Waals surface area (Å²) >= 11 is 0. The van der Waals surface area contributed by atoms with Gasteiger partial charge in [0.15, 0.2) is 5.96 Å². The second-order valence-electron chi connectivity index (χ2n) is 6.82. The number of halogens is 1. The average molecular weight is 370 g/mol. The molecule has 1 fully saturated rings. The second kappa shape index (κ2) is 8.14. The number of rotatable bonds is 6. The van der Waals surface area contributed by atoms with Crippen LogP contribution in [-0.4, -0.2) is 57.7 Å². The van der Waals surface area contributed by atoms with Gasteiger partial charge in [-0.1, -0.05) is 26.0 Å². The molecule has 1 aromatic carbocycles. The number of aliphatic imine (C=N–C) groups is 1. The molecule has 1 saturated heterocycles. The van der Waals surface area contributed by atoms with Gasteiger partial charge < -0.3 is 10.6 Å². The fourth-order valence-corrected chi connectivity index (χ4v) is 4.31. The lowest BCUT2D eigenvalue weighted by atomic mass is 9.84. The van der Waals surface area contributed by atoms with E-state index in [1.807, 2.05) is 19.9 Å². The van der Waals surface area contributed by atoms with Crippen molar-refractivity contribution in [3.05, 3.63) is 35.6 Å². The average Bonchev–Trinajstić information content (AvgIpc) is 2.89. The van der Waals surface area contributed by atoms with Gasteiger partial charge in [-0.2, -0.15) is 0 Å². The van der Waals surface area contributed by atoms with Crippen molar-refractivity contribution in [3.63, 3.8) is 0 Å². The first-order valence-corrected chi connectivity index (χ1v) is 10.0. The van der Waals surface area contributed by atoms with Gasteiger partial charge in [0.2, 0.25) is 10.0 Å². The Balaban J connectivity index is 1.84. The van der Waals surface area contributed by atoms with Crippen LogP contribution in [0.2, 0.25) is 0 Å². The van der Waals surface area contributed by atoms with E-state index in [1.54, 1.807) is 13.1 Å². The molecule has 0 bridgehead atoms. The summed E-state index contributed by atoms with van der Waals surface area (Å²) in [5.74, 6) is 0.586. The van der Waals surface area contributed by atoms with Crippen LogP contribution in [-0.2, 0) is 15.4 Å². The van der Waals surface area contributed by atoms with Crippen LogP contribution in [0.4, 0.5) is 4.39 Å². The number of nitrogens with one attached hydrogen (secondary N) is 2. The first-order valence-electron chi connectivity index (χ1n) is 8.43. The van der Waals surface area contributed by atoms with Crippen molar-refractivity contribution < 1.29 is 12.8 Å². The molecule has 0 aliphatic carbocycles. The molecule has 0 saturated carbocycles. The summed E-state index contributed by atoms with van der Waals surface area (Å²) in [4.78, 5) is 4.16. The van der Waals surface area contributed by atoms with Crippen molar-refractivity contribution in [1.29, 1.82) is 0 Å². The zero-order chi connectivity index (χ0) is 18.5. The minimum Gasteiger partial charge on any atom is -0.356 e. The lowest BCUT2D eigenvalue weighted by Gasteiger charge is -2.27. The fraction of sp³-hybridized carbons (Fsp3) is 0.588. The number of nitrogens with zero attached hydrogens (tertiary/aromatic N) is 2. The summed E-state index contributed by atoms with van der Waals surface area (Å²) in [5, 5.41) is 6.35. The van der Waals surface area contributed by atoms with Crippen LogP contribution >= 0.6 is 0 Å². The van der Waals surface area contributed by atoms with Gasteiger partial charge in [-0.15, -0.1) is 0 Å². The lowest BCUT2D eigenvalue weighted by Crippen LogP contribution is -2.45. The minimum absolute atomic E-state index is 0.238. The van der Waals surface area contributed by atoms with Crippen molar-refractivity contribution in [1.82, 2.24) is 14.9 Å². The van der Waals surface area contributed by atoms with Crippen molar-refractivity contribution in [2.24, 2.45) is 4.99 Å². The van der Waals surface area contributed by atoms with E-state index in [4.69, 9.17) is 0 Å². The van der Waals surface area contributed by atoms with E-state index in [0.29, 0.717) is 38.6 Å². The molecule has 140 valence electrons. The van der Waals surface area contributed by atoms with Gasteiger partial charge in [0.1, 0.15) is 5.82 Å². The summed E-state index contributed by atoms with van der Waals surface area (Å²) < 4.78 is 38.5. The molecule has 1 aliphatic heterocycles. The maximum absolute atomic E-state index is 13.4. The van der Waals surface area contributed by atoms with Crippen LogP contribution in [0.15, 0.2) is 29.3 Å². The normalized spacial score (nSPS) is 18.3. The summed E-state index contributed by atoms with van der Waals surface area (Å²) in [6, 6.07) is 6.57. The Kier molecular flexibility index (Phi) is 6.40. The van der Waals surface area contributed by atoms with Gasteiger partial charge in [-0.3, -0.25) is 4.99 Å². The Morgan fingerprint density at radius 3 is 2.72 bits per heavy atom. The van der Waals surface area contributed by atoms with Crippen molar-refractivity contribution in [2.45, 2.75) is 25.7 Å². The van der Waals surface area contributed by atoms with Crippen LogP contribution in [0.25, 0.3) is 0 Å². The van der Waals surface area contributed by atoms with E-state index in [9.17, 15) is 12.8 Å². The maximum Gasteiger partial charge on any atom is 0.214 e. The second-order valence-corrected chi connectivity index (χ2v) is 8.90. The van der Waals surface area contributed by atoms with Crippen molar-refractivity contribution in [2.75, 3.05) is 39.0 Å².